The van der Waals surface area contributed by atoms with Crippen LogP contribution >= 0.6 is 11.6 Å². The summed E-state index contributed by atoms with van der Waals surface area (Å²) in [6.45, 7) is -0.0552. The number of nitrogen functional groups attached to an aromatic ring is 1. The molecule has 0 amide bonds. The van der Waals surface area contributed by atoms with Gasteiger partial charge in [-0.2, -0.15) is 0 Å². The Hall–Kier alpha value is -2.27. The molecule has 6 heteroatoms. The molecule has 0 heterocycles. The molecule has 2 aromatic rings. The molecule has 0 atom stereocenters. The summed E-state index contributed by atoms with van der Waals surface area (Å²) in [7, 11) is 0. The van der Waals surface area contributed by atoms with Crippen LogP contribution in [0.3, 0.4) is 0 Å². The van der Waals surface area contributed by atoms with Crippen LogP contribution in [0.15, 0.2) is 36.4 Å². The Kier molecular flexibility index (Phi) is 4.10. The topological polar surface area (TPSA) is 72.5 Å². The first-order valence-corrected chi connectivity index (χ1v) is 6.06. The second-order valence-electron chi connectivity index (χ2n) is 4.03. The van der Waals surface area contributed by atoms with Crippen molar-refractivity contribution in [2.45, 2.75) is 6.61 Å². The Labute approximate surface area is 119 Å². The van der Waals surface area contributed by atoms with Crippen molar-refractivity contribution in [3.63, 3.8) is 0 Å². The van der Waals surface area contributed by atoms with Crippen molar-refractivity contribution >= 4 is 23.3 Å². The zero-order valence-electron chi connectivity index (χ0n) is 10.3. The van der Waals surface area contributed by atoms with Crippen LogP contribution in [0, 0.1) is 5.82 Å². The molecule has 4 nitrogen and oxygen atoms in total. The first-order chi connectivity index (χ1) is 9.50. The molecule has 104 valence electrons. The van der Waals surface area contributed by atoms with Crippen LogP contribution in [0.4, 0.5) is 10.1 Å². The van der Waals surface area contributed by atoms with Crippen molar-refractivity contribution in [3.05, 3.63) is 58.4 Å². The highest BCUT2D eigenvalue weighted by Gasteiger charge is 2.15. The summed E-state index contributed by atoms with van der Waals surface area (Å²) in [5.74, 6) is -1.64. The second-order valence-corrected chi connectivity index (χ2v) is 4.41. The molecule has 0 aliphatic heterocycles. The lowest BCUT2D eigenvalue weighted by Crippen LogP contribution is -2.07. The summed E-state index contributed by atoms with van der Waals surface area (Å²) in [4.78, 5) is 11.1. The molecule has 20 heavy (non-hydrogen) atoms. The van der Waals surface area contributed by atoms with Crippen LogP contribution < -0.4 is 10.5 Å². The Balaban J connectivity index is 2.26. The Morgan fingerprint density at radius 3 is 2.70 bits per heavy atom. The van der Waals surface area contributed by atoms with Crippen molar-refractivity contribution in [2.24, 2.45) is 0 Å². The number of carboxylic acids is 1. The Morgan fingerprint density at radius 1 is 1.30 bits per heavy atom. The van der Waals surface area contributed by atoms with Crippen molar-refractivity contribution in [3.8, 4) is 5.75 Å². The van der Waals surface area contributed by atoms with Gasteiger partial charge in [0, 0.05) is 11.3 Å². The molecular weight excluding hydrogens is 285 g/mol. The van der Waals surface area contributed by atoms with Gasteiger partial charge in [0.05, 0.1) is 5.02 Å². The zero-order valence-corrected chi connectivity index (χ0v) is 11.0. The average Bonchev–Trinajstić information content (AvgIpc) is 2.40. The fourth-order valence-electron chi connectivity index (χ4n) is 1.71. The molecule has 0 radical (unpaired) electrons. The van der Waals surface area contributed by atoms with Gasteiger partial charge >= 0.3 is 5.97 Å². The maximum atomic E-state index is 13.3. The van der Waals surface area contributed by atoms with Crippen LogP contribution in [-0.4, -0.2) is 11.1 Å². The molecule has 2 aromatic carbocycles. The number of ether oxygens (including phenoxy) is 1. The molecule has 0 spiro atoms. The quantitative estimate of drug-likeness (QED) is 0.849. The van der Waals surface area contributed by atoms with Crippen molar-refractivity contribution in [1.29, 1.82) is 0 Å². The Bertz CT molecular complexity index is 661. The first-order valence-electron chi connectivity index (χ1n) is 5.68. The van der Waals surface area contributed by atoms with Crippen LogP contribution in [-0.2, 0) is 6.61 Å². The highest BCUT2D eigenvalue weighted by Crippen LogP contribution is 2.27. The highest BCUT2D eigenvalue weighted by molar-refractivity contribution is 6.31. The van der Waals surface area contributed by atoms with Crippen LogP contribution in [0.5, 0.6) is 5.75 Å². The monoisotopic (exact) mass is 295 g/mol. The summed E-state index contributed by atoms with van der Waals surface area (Å²) in [6, 6.07) is 8.84. The van der Waals surface area contributed by atoms with Crippen LogP contribution in [0.1, 0.15) is 15.9 Å². The molecule has 0 unspecified atom stereocenters. The Morgan fingerprint density at radius 2 is 2.00 bits per heavy atom. The molecule has 2 rings (SSSR count). The number of nitrogens with two attached hydrogens (primary N) is 1. The summed E-state index contributed by atoms with van der Waals surface area (Å²) >= 11 is 5.80. The van der Waals surface area contributed by atoms with E-state index in [1.807, 2.05) is 0 Å². The number of rotatable bonds is 4. The molecule has 3 N–H and O–H groups in total. The summed E-state index contributed by atoms with van der Waals surface area (Å²) in [5, 5.41) is 9.05. The maximum Gasteiger partial charge on any atom is 0.341 e. The first kappa shape index (κ1) is 14.1. The van der Waals surface area contributed by atoms with Gasteiger partial charge in [-0.1, -0.05) is 29.8 Å². The third-order valence-corrected chi connectivity index (χ3v) is 3.11. The lowest BCUT2D eigenvalue weighted by molar-refractivity contribution is 0.0693. The molecule has 0 bridgehead atoms. The van der Waals surface area contributed by atoms with E-state index in [1.165, 1.54) is 24.3 Å². The fourth-order valence-corrected chi connectivity index (χ4v) is 1.89. The van der Waals surface area contributed by atoms with E-state index in [2.05, 4.69) is 0 Å². The summed E-state index contributed by atoms with van der Waals surface area (Å²) in [6.07, 6.45) is 0. The van der Waals surface area contributed by atoms with Gasteiger partial charge in [0.15, 0.2) is 0 Å². The lowest BCUT2D eigenvalue weighted by Gasteiger charge is -2.11. The van der Waals surface area contributed by atoms with Gasteiger partial charge < -0.3 is 15.6 Å². The minimum absolute atomic E-state index is 0.0479. The third-order valence-electron chi connectivity index (χ3n) is 2.69. The smallest absolute Gasteiger partial charge is 0.341 e. The number of aromatic carboxylic acids is 1. The molecule has 0 saturated heterocycles. The third kappa shape index (κ3) is 2.83. The van der Waals surface area contributed by atoms with Gasteiger partial charge in [0.25, 0.3) is 0 Å². The number of hydrogen-bond donors (Lipinski definition) is 2. The van der Waals surface area contributed by atoms with Crippen molar-refractivity contribution in [1.82, 2.24) is 0 Å². The largest absolute Gasteiger partial charge is 0.488 e. The number of anilines is 1. The minimum atomic E-state index is -1.19. The van der Waals surface area contributed by atoms with Gasteiger partial charge in [-0.05, 0) is 18.2 Å². The van der Waals surface area contributed by atoms with Crippen LogP contribution in [0.2, 0.25) is 5.02 Å². The minimum Gasteiger partial charge on any atom is -0.488 e. The van der Waals surface area contributed by atoms with Crippen LogP contribution in [0.25, 0.3) is 0 Å². The standard InChI is InChI=1S/C14H11ClFNO3/c15-13-8(3-1-4-9(13)16)7-20-11-6-2-5-10(17)12(11)14(18)19/h1-6H,7,17H2,(H,18,19). The fraction of sp³-hybridized carbons (Fsp3) is 0.0714. The van der Waals surface area contributed by atoms with Crippen molar-refractivity contribution < 1.29 is 19.0 Å². The molecule has 0 aromatic heterocycles. The number of carbonyl (C=O) groups is 1. The molecule has 0 aliphatic rings. The van der Waals surface area contributed by atoms with Gasteiger partial charge in [-0.15, -0.1) is 0 Å². The zero-order chi connectivity index (χ0) is 14.7. The van der Waals surface area contributed by atoms with E-state index in [9.17, 15) is 9.18 Å². The van der Waals surface area contributed by atoms with E-state index in [-0.39, 0.29) is 28.6 Å². The molecule has 0 aliphatic carbocycles. The van der Waals surface area contributed by atoms with Gasteiger partial charge in [-0.3, -0.25) is 0 Å². The predicted octanol–water partition coefficient (Wildman–Crippen LogP) is 3.34. The maximum absolute atomic E-state index is 13.3. The lowest BCUT2D eigenvalue weighted by atomic mass is 10.1. The normalized spacial score (nSPS) is 10.3. The molecule has 0 fully saturated rings. The van der Waals surface area contributed by atoms with E-state index in [1.54, 1.807) is 12.1 Å². The second kappa shape index (κ2) is 5.79. The number of carboxylic acid groups (broad SMARTS) is 1. The molecule has 0 saturated carbocycles. The predicted molar refractivity (Wildman–Crippen MR) is 73.6 cm³/mol. The SMILES string of the molecule is Nc1cccc(OCc2cccc(F)c2Cl)c1C(=O)O. The van der Waals surface area contributed by atoms with Gasteiger partial charge in [0.1, 0.15) is 23.7 Å². The van der Waals surface area contributed by atoms with E-state index in [0.717, 1.165) is 0 Å². The molecular formula is C14H11ClFNO3. The number of benzene rings is 2. The van der Waals surface area contributed by atoms with E-state index in [4.69, 9.17) is 27.2 Å². The summed E-state index contributed by atoms with van der Waals surface area (Å²) in [5.41, 5.74) is 5.99. The van der Waals surface area contributed by atoms with Crippen molar-refractivity contribution in [2.75, 3.05) is 5.73 Å². The van der Waals surface area contributed by atoms with E-state index in [0.29, 0.717) is 5.56 Å². The average molecular weight is 296 g/mol. The van der Waals surface area contributed by atoms with Gasteiger partial charge in [-0.25, -0.2) is 9.18 Å². The highest BCUT2D eigenvalue weighted by atomic mass is 35.5. The van der Waals surface area contributed by atoms with Gasteiger partial charge in [0.2, 0.25) is 0 Å². The number of halogens is 2. The summed E-state index contributed by atoms with van der Waals surface area (Å²) < 4.78 is 18.7. The van der Waals surface area contributed by atoms with E-state index >= 15 is 0 Å². The van der Waals surface area contributed by atoms with E-state index < -0.39 is 11.8 Å². The number of hydrogen-bond acceptors (Lipinski definition) is 3.